The summed E-state index contributed by atoms with van der Waals surface area (Å²) < 4.78 is 3.28. The number of piperidine rings is 1. The van der Waals surface area contributed by atoms with E-state index in [9.17, 15) is 0 Å². The van der Waals surface area contributed by atoms with Gasteiger partial charge in [0.25, 0.3) is 0 Å². The molecule has 118 valence electrons. The van der Waals surface area contributed by atoms with Gasteiger partial charge in [0.1, 0.15) is 0 Å². The third kappa shape index (κ3) is 3.69. The molecule has 2 aliphatic rings. The third-order valence-electron chi connectivity index (χ3n) is 4.79. The molecule has 1 saturated heterocycles. The first-order chi connectivity index (χ1) is 10.2. The Morgan fingerprint density at radius 3 is 2.71 bits per heavy atom. The van der Waals surface area contributed by atoms with Crippen LogP contribution in [0.5, 0.6) is 0 Å². The van der Waals surface area contributed by atoms with E-state index < -0.39 is 0 Å². The second-order valence-electron chi connectivity index (χ2n) is 6.49. The summed E-state index contributed by atoms with van der Waals surface area (Å²) in [7, 11) is 2.07. The summed E-state index contributed by atoms with van der Waals surface area (Å²) in [6.07, 6.45) is 7.77. The van der Waals surface area contributed by atoms with Crippen molar-refractivity contribution in [3.05, 3.63) is 15.9 Å². The molecule has 1 atom stereocenters. The first-order valence-electron chi connectivity index (χ1n) is 8.36. The lowest BCUT2D eigenvalue weighted by molar-refractivity contribution is 0.203. The highest BCUT2D eigenvalue weighted by molar-refractivity contribution is 9.10. The van der Waals surface area contributed by atoms with E-state index in [1.165, 1.54) is 61.1 Å². The summed E-state index contributed by atoms with van der Waals surface area (Å²) in [6.45, 7) is 5.57. The molecule has 1 saturated carbocycles. The van der Waals surface area contributed by atoms with Crippen LogP contribution in [-0.4, -0.2) is 39.9 Å². The average Bonchev–Trinajstić information content (AvgIpc) is 3.30. The van der Waals surface area contributed by atoms with Crippen molar-refractivity contribution in [2.75, 3.05) is 13.1 Å². The quantitative estimate of drug-likeness (QED) is 0.852. The summed E-state index contributed by atoms with van der Waals surface area (Å²) >= 11 is 3.76. The number of aryl methyl sites for hydroxylation is 2. The first kappa shape index (κ1) is 15.5. The largest absolute Gasteiger partial charge is 0.313 e. The van der Waals surface area contributed by atoms with Crippen LogP contribution in [0.15, 0.2) is 4.47 Å². The van der Waals surface area contributed by atoms with E-state index in [-0.39, 0.29) is 0 Å². The zero-order valence-electron chi connectivity index (χ0n) is 13.2. The van der Waals surface area contributed by atoms with Crippen molar-refractivity contribution < 1.29 is 0 Å². The van der Waals surface area contributed by atoms with Gasteiger partial charge in [0, 0.05) is 32.2 Å². The molecule has 0 amide bonds. The molecule has 2 heterocycles. The predicted molar refractivity (Wildman–Crippen MR) is 89.4 cm³/mol. The van der Waals surface area contributed by atoms with Crippen molar-refractivity contribution in [2.45, 2.75) is 64.1 Å². The van der Waals surface area contributed by atoms with Crippen LogP contribution < -0.4 is 5.32 Å². The van der Waals surface area contributed by atoms with Crippen LogP contribution in [0.1, 0.15) is 50.4 Å². The second kappa shape index (κ2) is 6.80. The molecule has 0 radical (unpaired) electrons. The van der Waals surface area contributed by atoms with Gasteiger partial charge in [-0.25, -0.2) is 0 Å². The van der Waals surface area contributed by atoms with Crippen LogP contribution in [0.2, 0.25) is 0 Å². The zero-order valence-corrected chi connectivity index (χ0v) is 14.8. The highest BCUT2D eigenvalue weighted by Crippen LogP contribution is 2.31. The van der Waals surface area contributed by atoms with E-state index in [2.05, 4.69) is 49.9 Å². The molecule has 1 N–H and O–H groups in total. The minimum absolute atomic E-state index is 0.678. The molecule has 21 heavy (non-hydrogen) atoms. The lowest BCUT2D eigenvalue weighted by atomic mass is 10.0. The maximum absolute atomic E-state index is 4.64. The fraction of sp³-hybridized carbons (Fsp3) is 0.812. The van der Waals surface area contributed by atoms with Gasteiger partial charge in [0.05, 0.1) is 15.9 Å². The maximum atomic E-state index is 4.64. The van der Waals surface area contributed by atoms with E-state index in [1.54, 1.807) is 0 Å². The first-order valence-corrected chi connectivity index (χ1v) is 9.16. The normalized spacial score (nSPS) is 23.0. The molecule has 0 aromatic carbocycles. The number of hydrogen-bond donors (Lipinski definition) is 1. The predicted octanol–water partition coefficient (Wildman–Crippen LogP) is 2.85. The van der Waals surface area contributed by atoms with E-state index in [1.807, 2.05) is 0 Å². The van der Waals surface area contributed by atoms with Crippen molar-refractivity contribution >= 4 is 15.9 Å². The molecule has 1 aromatic heterocycles. The summed E-state index contributed by atoms with van der Waals surface area (Å²) in [6, 6.07) is 1.47. The zero-order chi connectivity index (χ0) is 14.8. The Morgan fingerprint density at radius 2 is 2.14 bits per heavy atom. The highest BCUT2D eigenvalue weighted by Gasteiger charge is 2.32. The Bertz CT molecular complexity index is 475. The van der Waals surface area contributed by atoms with Crippen LogP contribution in [0.4, 0.5) is 0 Å². The van der Waals surface area contributed by atoms with E-state index >= 15 is 0 Å². The standard InChI is InChI=1S/C16H27BrN4/c1-3-14-16(17)15(20(2)19-14)11-21(13-7-8-13)10-12-6-4-5-9-18-12/h12-13,18H,3-11H2,1-2H3. The van der Waals surface area contributed by atoms with Crippen LogP contribution in [-0.2, 0) is 20.0 Å². The Morgan fingerprint density at radius 1 is 1.33 bits per heavy atom. The lowest BCUT2D eigenvalue weighted by Gasteiger charge is -2.30. The van der Waals surface area contributed by atoms with Crippen molar-refractivity contribution in [1.29, 1.82) is 0 Å². The Hall–Kier alpha value is -0.390. The smallest absolute Gasteiger partial charge is 0.0767 e. The maximum Gasteiger partial charge on any atom is 0.0767 e. The van der Waals surface area contributed by atoms with Crippen molar-refractivity contribution in [3.63, 3.8) is 0 Å². The number of nitrogens with one attached hydrogen (secondary N) is 1. The number of nitrogens with zero attached hydrogens (tertiary/aromatic N) is 3. The number of hydrogen-bond acceptors (Lipinski definition) is 3. The SMILES string of the molecule is CCc1nn(C)c(CN(CC2CCCCN2)C2CC2)c1Br. The van der Waals surface area contributed by atoms with Gasteiger partial charge in [-0.15, -0.1) is 0 Å². The van der Waals surface area contributed by atoms with Crippen molar-refractivity contribution in [3.8, 4) is 0 Å². The Labute approximate surface area is 136 Å². The highest BCUT2D eigenvalue weighted by atomic mass is 79.9. The second-order valence-corrected chi connectivity index (χ2v) is 7.28. The van der Waals surface area contributed by atoms with Gasteiger partial charge in [-0.05, 0) is 54.6 Å². The summed E-state index contributed by atoms with van der Waals surface area (Å²) in [5.74, 6) is 0. The van der Waals surface area contributed by atoms with Crippen LogP contribution in [0.3, 0.4) is 0 Å². The molecule has 1 aliphatic heterocycles. The molecule has 1 aromatic rings. The number of aromatic nitrogens is 2. The molecule has 0 bridgehead atoms. The van der Waals surface area contributed by atoms with Gasteiger partial charge in [-0.2, -0.15) is 5.10 Å². The average molecular weight is 355 g/mol. The number of halogens is 1. The fourth-order valence-corrected chi connectivity index (χ4v) is 4.07. The minimum Gasteiger partial charge on any atom is -0.313 e. The van der Waals surface area contributed by atoms with Gasteiger partial charge in [0.2, 0.25) is 0 Å². The molecule has 1 aliphatic carbocycles. The van der Waals surface area contributed by atoms with Crippen LogP contribution >= 0.6 is 15.9 Å². The lowest BCUT2D eigenvalue weighted by Crippen LogP contribution is -2.44. The Kier molecular flexibility index (Phi) is 5.02. The van der Waals surface area contributed by atoms with E-state index in [0.29, 0.717) is 6.04 Å². The molecular formula is C16H27BrN4. The van der Waals surface area contributed by atoms with E-state index in [4.69, 9.17) is 0 Å². The summed E-state index contributed by atoms with van der Waals surface area (Å²) in [5, 5.41) is 8.32. The third-order valence-corrected chi connectivity index (χ3v) is 5.70. The van der Waals surface area contributed by atoms with Crippen molar-refractivity contribution in [2.24, 2.45) is 7.05 Å². The number of rotatable bonds is 6. The monoisotopic (exact) mass is 354 g/mol. The summed E-state index contributed by atoms with van der Waals surface area (Å²) in [5.41, 5.74) is 2.51. The molecular weight excluding hydrogens is 328 g/mol. The minimum atomic E-state index is 0.678. The van der Waals surface area contributed by atoms with Gasteiger partial charge in [-0.3, -0.25) is 9.58 Å². The van der Waals surface area contributed by atoms with Crippen molar-refractivity contribution in [1.82, 2.24) is 20.0 Å². The molecule has 4 nitrogen and oxygen atoms in total. The molecule has 5 heteroatoms. The topological polar surface area (TPSA) is 33.1 Å². The van der Waals surface area contributed by atoms with Crippen LogP contribution in [0, 0.1) is 0 Å². The molecule has 1 unspecified atom stereocenters. The molecule has 2 fully saturated rings. The van der Waals surface area contributed by atoms with E-state index in [0.717, 1.165) is 19.0 Å². The molecule has 0 spiro atoms. The van der Waals surface area contributed by atoms with Crippen LogP contribution in [0.25, 0.3) is 0 Å². The molecule has 3 rings (SSSR count). The fourth-order valence-electron chi connectivity index (χ4n) is 3.33. The Balaban J connectivity index is 1.68. The van der Waals surface area contributed by atoms with Gasteiger partial charge in [-0.1, -0.05) is 13.3 Å². The van der Waals surface area contributed by atoms with Gasteiger partial charge in [0.15, 0.2) is 0 Å². The summed E-state index contributed by atoms with van der Waals surface area (Å²) in [4.78, 5) is 2.67. The van der Waals surface area contributed by atoms with Gasteiger partial charge >= 0.3 is 0 Å². The van der Waals surface area contributed by atoms with Gasteiger partial charge < -0.3 is 5.32 Å².